The van der Waals surface area contributed by atoms with Gasteiger partial charge < -0.3 is 5.11 Å². The summed E-state index contributed by atoms with van der Waals surface area (Å²) in [5.41, 5.74) is -0.195. The second-order valence-corrected chi connectivity index (χ2v) is 8.90. The molecule has 24 heavy (non-hydrogen) atoms. The van der Waals surface area contributed by atoms with Crippen LogP contribution in [0, 0.1) is 17.0 Å². The minimum absolute atomic E-state index is 0.105. The lowest BCUT2D eigenvalue weighted by Crippen LogP contribution is -2.54. The van der Waals surface area contributed by atoms with Crippen LogP contribution in [0.1, 0.15) is 5.56 Å². The van der Waals surface area contributed by atoms with Gasteiger partial charge in [-0.1, -0.05) is 31.9 Å². The fourth-order valence-corrected chi connectivity index (χ4v) is 4.93. The van der Waals surface area contributed by atoms with Crippen molar-refractivity contribution in [2.45, 2.75) is 4.90 Å². The molecule has 0 heterocycles. The largest absolute Gasteiger partial charge is 0.390 e. The number of aliphatic hydroxyl groups excluding tert-OH is 1. The molecule has 0 unspecified atom stereocenters. The molecule has 0 saturated heterocycles. The van der Waals surface area contributed by atoms with E-state index in [1.165, 1.54) is 6.07 Å². The van der Waals surface area contributed by atoms with Crippen LogP contribution in [0.4, 0.5) is 11.4 Å². The number of hydrogen-bond acceptors (Lipinski definition) is 5. The Balaban J connectivity index is 3.80. The van der Waals surface area contributed by atoms with E-state index in [2.05, 4.69) is 31.9 Å². The lowest BCUT2D eigenvalue weighted by molar-refractivity contribution is -0.385. The van der Waals surface area contributed by atoms with Crippen molar-refractivity contribution in [1.82, 2.24) is 4.48 Å². The highest BCUT2D eigenvalue weighted by atomic mass is 79.9. The Labute approximate surface area is 158 Å². The van der Waals surface area contributed by atoms with Crippen molar-refractivity contribution in [3.05, 3.63) is 34.7 Å². The third-order valence-electron chi connectivity index (χ3n) is 3.77. The Morgan fingerprint density at radius 1 is 1.25 bits per heavy atom. The topological polar surface area (TPSA) is 97.5 Å². The van der Waals surface area contributed by atoms with E-state index in [-0.39, 0.29) is 28.1 Å². The van der Waals surface area contributed by atoms with Crippen LogP contribution in [0.2, 0.25) is 0 Å². The van der Waals surface area contributed by atoms with Crippen LogP contribution in [0.25, 0.3) is 0 Å². The number of nitrogens with zero attached hydrogens (tertiary/aromatic N) is 2. The average Bonchev–Trinajstić information content (AvgIpc) is 2.46. The van der Waals surface area contributed by atoms with E-state index < -0.39 is 20.4 Å². The zero-order valence-electron chi connectivity index (χ0n) is 13.1. The van der Waals surface area contributed by atoms with Gasteiger partial charge >= 0.3 is 0 Å². The summed E-state index contributed by atoms with van der Waals surface area (Å²) >= 11 is 6.70. The van der Waals surface area contributed by atoms with Crippen LogP contribution in [0.15, 0.2) is 17.0 Å². The number of aliphatic hydroxyl groups is 1. The van der Waals surface area contributed by atoms with Gasteiger partial charge in [-0.25, -0.2) is 8.42 Å². The molecule has 0 spiro atoms. The van der Waals surface area contributed by atoms with E-state index in [0.29, 0.717) is 29.4 Å². The first-order chi connectivity index (χ1) is 11.1. The molecule has 1 aromatic carbocycles. The van der Waals surface area contributed by atoms with Gasteiger partial charge in [-0.15, -0.1) is 0 Å². The van der Waals surface area contributed by atoms with Crippen molar-refractivity contribution in [2.24, 2.45) is 0 Å². The van der Waals surface area contributed by atoms with Gasteiger partial charge in [0.15, 0.2) is 15.5 Å². The molecule has 0 aliphatic heterocycles. The fourth-order valence-electron chi connectivity index (χ4n) is 2.61. The molecule has 0 aliphatic rings. The van der Waals surface area contributed by atoms with Crippen molar-refractivity contribution < 1.29 is 18.4 Å². The third-order valence-corrected chi connectivity index (χ3v) is 5.60. The third kappa shape index (κ3) is 4.75. The second-order valence-electron chi connectivity index (χ2n) is 5.33. The summed E-state index contributed by atoms with van der Waals surface area (Å²) < 4.78 is 24.6. The first-order valence-corrected chi connectivity index (χ1v) is 11.1. The number of hydrogen-bond donors (Lipinski definition) is 1. The molecule has 134 valence electrons. The van der Waals surface area contributed by atoms with Crippen LogP contribution in [0.3, 0.4) is 0 Å². The first kappa shape index (κ1) is 21.5. The minimum Gasteiger partial charge on any atom is -0.390 e. The summed E-state index contributed by atoms with van der Waals surface area (Å²) in [6, 6.07) is 2.35. The smallest absolute Gasteiger partial charge is 0.274 e. The number of nitro groups is 1. The van der Waals surface area contributed by atoms with E-state index in [0.717, 1.165) is 12.3 Å². The molecule has 1 N–H and O–H groups in total. The summed E-state index contributed by atoms with van der Waals surface area (Å²) in [7, 11) is -3.73. The maximum atomic E-state index is 12.2. The Morgan fingerprint density at radius 2 is 1.79 bits per heavy atom. The predicted molar refractivity (Wildman–Crippen MR) is 101 cm³/mol. The Hall–Kier alpha value is -0.550. The van der Waals surface area contributed by atoms with Crippen molar-refractivity contribution in [3.8, 4) is 0 Å². The Bertz CT molecular complexity index is 692. The van der Waals surface area contributed by atoms with Gasteiger partial charge in [0, 0.05) is 30.9 Å². The zero-order valence-corrected chi connectivity index (χ0v) is 17.1. The van der Waals surface area contributed by atoms with E-state index in [1.54, 1.807) is 0 Å². The minimum atomic E-state index is -3.73. The molecule has 0 saturated carbocycles. The quantitative estimate of drug-likeness (QED) is 0.249. The standard InChI is InChI=1S/C14H19Br2N2O5S/c1-11-9-13(18(5-3-15,6-4-16)7-8-19)14(24(2,22)23)10-12(11)17(20)21/h1,9-10,19H,3-8H2,2H3/q+1. The van der Waals surface area contributed by atoms with Crippen molar-refractivity contribution in [2.75, 3.05) is 43.2 Å². The molecule has 10 heteroatoms. The van der Waals surface area contributed by atoms with Gasteiger partial charge in [0.25, 0.3) is 5.69 Å². The summed E-state index contributed by atoms with van der Waals surface area (Å²) in [6.07, 6.45) is 1.00. The Kier molecular flexibility index (Phi) is 7.79. The summed E-state index contributed by atoms with van der Waals surface area (Å²) in [6.45, 7) is 6.87. The number of benzene rings is 1. The van der Waals surface area contributed by atoms with E-state index >= 15 is 0 Å². The molecule has 2 radical (unpaired) electrons. The van der Waals surface area contributed by atoms with Gasteiger partial charge in [0.2, 0.25) is 0 Å². The van der Waals surface area contributed by atoms with E-state index in [9.17, 15) is 23.6 Å². The van der Waals surface area contributed by atoms with Crippen molar-refractivity contribution >= 4 is 53.1 Å². The van der Waals surface area contributed by atoms with Crippen LogP contribution in [-0.2, 0) is 9.84 Å². The molecule has 0 bridgehead atoms. The number of alkyl halides is 2. The molecule has 0 fully saturated rings. The van der Waals surface area contributed by atoms with Gasteiger partial charge in [0.05, 0.1) is 35.3 Å². The van der Waals surface area contributed by atoms with E-state index in [4.69, 9.17) is 6.92 Å². The van der Waals surface area contributed by atoms with Crippen LogP contribution >= 0.6 is 31.9 Å². The number of quaternary nitrogens is 1. The fraction of sp³-hybridized carbons (Fsp3) is 0.500. The highest BCUT2D eigenvalue weighted by molar-refractivity contribution is 9.09. The maximum Gasteiger partial charge on any atom is 0.274 e. The maximum absolute atomic E-state index is 12.2. The highest BCUT2D eigenvalue weighted by Gasteiger charge is 2.36. The van der Waals surface area contributed by atoms with Crippen LogP contribution < -0.4 is 4.48 Å². The average molecular weight is 487 g/mol. The second kappa shape index (κ2) is 8.70. The molecule has 7 nitrogen and oxygen atoms in total. The summed E-state index contributed by atoms with van der Waals surface area (Å²) in [5, 5.41) is 21.7. The monoisotopic (exact) mass is 485 g/mol. The Morgan fingerprint density at radius 3 is 2.17 bits per heavy atom. The number of halogens is 2. The van der Waals surface area contributed by atoms with Gasteiger partial charge in [0.1, 0.15) is 11.4 Å². The normalized spacial score (nSPS) is 12.4. The van der Waals surface area contributed by atoms with Crippen LogP contribution in [-0.4, -0.2) is 61.6 Å². The van der Waals surface area contributed by atoms with Gasteiger partial charge in [-0.05, 0) is 0 Å². The summed E-state index contributed by atoms with van der Waals surface area (Å²) in [5.74, 6) is 0. The van der Waals surface area contributed by atoms with Gasteiger partial charge in [-0.2, -0.15) is 0 Å². The molecule has 0 aliphatic carbocycles. The molecule has 1 rings (SSSR count). The molecule has 0 amide bonds. The molecule has 0 atom stereocenters. The van der Waals surface area contributed by atoms with Crippen LogP contribution in [0.5, 0.6) is 0 Å². The highest BCUT2D eigenvalue weighted by Crippen LogP contribution is 2.36. The predicted octanol–water partition coefficient (Wildman–Crippen LogP) is 2.15. The lowest BCUT2D eigenvalue weighted by atomic mass is 10.1. The number of nitro benzene ring substituents is 1. The summed E-state index contributed by atoms with van der Waals surface area (Å²) in [4.78, 5) is 10.3. The molecular weight excluding hydrogens is 468 g/mol. The van der Waals surface area contributed by atoms with Gasteiger partial charge in [-0.3, -0.25) is 14.6 Å². The molecule has 0 aromatic heterocycles. The zero-order chi connectivity index (χ0) is 18.5. The number of sulfone groups is 1. The SMILES string of the molecule is [CH]c1cc([N+](CCO)(CCBr)CCBr)c(S(C)(=O)=O)cc1[N+](=O)[O-]. The molecular formula is C14H19Br2N2O5S+. The lowest BCUT2D eigenvalue weighted by Gasteiger charge is -2.38. The van der Waals surface area contributed by atoms with E-state index in [1.807, 2.05) is 0 Å². The van der Waals surface area contributed by atoms with Crippen molar-refractivity contribution in [1.29, 1.82) is 0 Å². The number of rotatable bonds is 9. The first-order valence-electron chi connectivity index (χ1n) is 7.00. The molecule has 1 aromatic rings. The van der Waals surface area contributed by atoms with Crippen molar-refractivity contribution in [3.63, 3.8) is 0 Å².